The van der Waals surface area contributed by atoms with E-state index in [1.165, 1.54) is 18.5 Å². The number of halogens is 1. The third-order valence-electron chi connectivity index (χ3n) is 2.65. The average molecular weight is 293 g/mol. The zero-order valence-electron chi connectivity index (χ0n) is 11.0. The van der Waals surface area contributed by atoms with Gasteiger partial charge in [-0.25, -0.2) is 14.8 Å². The zero-order chi connectivity index (χ0) is 14.7. The second-order valence-corrected chi connectivity index (χ2v) is 4.89. The molecule has 1 heterocycles. The molecule has 0 spiro atoms. The normalized spacial score (nSPS) is 10.6. The van der Waals surface area contributed by atoms with Crippen LogP contribution in [0.1, 0.15) is 35.8 Å². The van der Waals surface area contributed by atoms with Crippen LogP contribution in [0.3, 0.4) is 0 Å². The average Bonchev–Trinajstić information content (AvgIpc) is 2.41. The number of carboxylic acid groups (broad SMARTS) is 1. The molecule has 0 aliphatic rings. The van der Waals surface area contributed by atoms with Crippen molar-refractivity contribution in [1.82, 2.24) is 9.97 Å². The van der Waals surface area contributed by atoms with Crippen molar-refractivity contribution < 1.29 is 14.6 Å². The molecule has 0 bridgehead atoms. The molecule has 20 heavy (non-hydrogen) atoms. The van der Waals surface area contributed by atoms with Crippen molar-refractivity contribution in [2.45, 2.75) is 19.8 Å². The minimum atomic E-state index is -1.11. The van der Waals surface area contributed by atoms with Gasteiger partial charge >= 0.3 is 5.97 Å². The highest BCUT2D eigenvalue weighted by molar-refractivity contribution is 6.33. The molecule has 6 heteroatoms. The van der Waals surface area contributed by atoms with E-state index >= 15 is 0 Å². The van der Waals surface area contributed by atoms with Gasteiger partial charge in [-0.2, -0.15) is 0 Å². The molecule has 0 amide bonds. The van der Waals surface area contributed by atoms with E-state index in [2.05, 4.69) is 9.97 Å². The van der Waals surface area contributed by atoms with E-state index in [1.807, 2.05) is 13.8 Å². The maximum absolute atomic E-state index is 11.0. The summed E-state index contributed by atoms with van der Waals surface area (Å²) < 4.78 is 5.54. The van der Waals surface area contributed by atoms with E-state index in [4.69, 9.17) is 21.4 Å². The Hall–Kier alpha value is -2.14. The van der Waals surface area contributed by atoms with Crippen molar-refractivity contribution in [2.24, 2.45) is 0 Å². The molecule has 1 aromatic heterocycles. The van der Waals surface area contributed by atoms with Crippen molar-refractivity contribution in [3.63, 3.8) is 0 Å². The first-order chi connectivity index (χ1) is 9.47. The summed E-state index contributed by atoms with van der Waals surface area (Å²) in [4.78, 5) is 19.1. The van der Waals surface area contributed by atoms with Crippen LogP contribution in [0.15, 0.2) is 30.6 Å². The lowest BCUT2D eigenvalue weighted by Crippen LogP contribution is -1.99. The molecule has 2 aromatic rings. The first kappa shape index (κ1) is 14.3. The molecular weight excluding hydrogens is 280 g/mol. The third-order valence-corrected chi connectivity index (χ3v) is 2.97. The SMILES string of the molecule is CC(C)c1cc(Oc2ccc(Cl)c(C(=O)O)c2)ncn1. The van der Waals surface area contributed by atoms with Gasteiger partial charge in [-0.1, -0.05) is 25.4 Å². The lowest BCUT2D eigenvalue weighted by atomic mass is 10.1. The fourth-order valence-electron chi connectivity index (χ4n) is 1.58. The Bertz CT molecular complexity index is 644. The van der Waals surface area contributed by atoms with Crippen molar-refractivity contribution in [3.05, 3.63) is 46.9 Å². The van der Waals surface area contributed by atoms with Gasteiger partial charge in [0.2, 0.25) is 5.88 Å². The molecule has 1 aromatic carbocycles. The number of carbonyl (C=O) groups is 1. The van der Waals surface area contributed by atoms with Gasteiger partial charge in [-0.05, 0) is 24.1 Å². The molecule has 0 unspecified atom stereocenters. The van der Waals surface area contributed by atoms with Crippen LogP contribution in [0, 0.1) is 0 Å². The van der Waals surface area contributed by atoms with Gasteiger partial charge in [-0.3, -0.25) is 0 Å². The molecule has 5 nitrogen and oxygen atoms in total. The Morgan fingerprint density at radius 3 is 2.70 bits per heavy atom. The fraction of sp³-hybridized carbons (Fsp3) is 0.214. The number of rotatable bonds is 4. The summed E-state index contributed by atoms with van der Waals surface area (Å²) in [5.74, 6) is -0.131. The maximum Gasteiger partial charge on any atom is 0.337 e. The van der Waals surface area contributed by atoms with Gasteiger partial charge in [0.05, 0.1) is 16.3 Å². The molecule has 0 aliphatic heterocycles. The third kappa shape index (κ3) is 3.24. The highest BCUT2D eigenvalue weighted by Gasteiger charge is 2.11. The second kappa shape index (κ2) is 5.88. The number of aromatic nitrogens is 2. The largest absolute Gasteiger partial charge is 0.478 e. The first-order valence-corrected chi connectivity index (χ1v) is 6.38. The summed E-state index contributed by atoms with van der Waals surface area (Å²) in [7, 11) is 0. The number of hydrogen-bond acceptors (Lipinski definition) is 4. The van der Waals surface area contributed by atoms with Crippen molar-refractivity contribution in [2.75, 3.05) is 0 Å². The Labute approximate surface area is 121 Å². The van der Waals surface area contributed by atoms with Crippen LogP contribution in [-0.4, -0.2) is 21.0 Å². The summed E-state index contributed by atoms with van der Waals surface area (Å²) in [5, 5.41) is 9.17. The molecule has 0 atom stereocenters. The van der Waals surface area contributed by atoms with E-state index in [1.54, 1.807) is 12.1 Å². The van der Waals surface area contributed by atoms with E-state index in [9.17, 15) is 4.79 Å². The predicted molar refractivity (Wildman–Crippen MR) is 74.6 cm³/mol. The quantitative estimate of drug-likeness (QED) is 0.929. The summed E-state index contributed by atoms with van der Waals surface area (Å²) >= 11 is 5.80. The van der Waals surface area contributed by atoms with Crippen molar-refractivity contribution >= 4 is 17.6 Å². The van der Waals surface area contributed by atoms with Crippen LogP contribution >= 0.6 is 11.6 Å². The van der Waals surface area contributed by atoms with Crippen LogP contribution in [-0.2, 0) is 0 Å². The first-order valence-electron chi connectivity index (χ1n) is 6.00. The predicted octanol–water partition coefficient (Wildman–Crippen LogP) is 3.74. The number of benzene rings is 1. The smallest absolute Gasteiger partial charge is 0.337 e. The van der Waals surface area contributed by atoms with Crippen molar-refractivity contribution in [1.29, 1.82) is 0 Å². The van der Waals surface area contributed by atoms with Crippen molar-refractivity contribution in [3.8, 4) is 11.6 Å². The molecule has 1 N–H and O–H groups in total. The van der Waals surface area contributed by atoms with Gasteiger partial charge in [-0.15, -0.1) is 0 Å². The van der Waals surface area contributed by atoms with Gasteiger partial charge in [0.25, 0.3) is 0 Å². The second-order valence-electron chi connectivity index (χ2n) is 4.48. The molecule has 0 radical (unpaired) electrons. The van der Waals surface area contributed by atoms with E-state index < -0.39 is 5.97 Å². The number of aromatic carboxylic acids is 1. The zero-order valence-corrected chi connectivity index (χ0v) is 11.8. The van der Waals surface area contributed by atoms with E-state index in [0.29, 0.717) is 11.6 Å². The number of hydrogen-bond donors (Lipinski definition) is 1. The van der Waals surface area contributed by atoms with Crippen LogP contribution in [0.4, 0.5) is 0 Å². The topological polar surface area (TPSA) is 72.3 Å². The number of nitrogens with zero attached hydrogens (tertiary/aromatic N) is 2. The minimum absolute atomic E-state index is 0.0118. The van der Waals surface area contributed by atoms with Gasteiger partial charge in [0, 0.05) is 6.07 Å². The maximum atomic E-state index is 11.0. The molecule has 2 rings (SSSR count). The molecule has 0 fully saturated rings. The number of ether oxygens (including phenoxy) is 1. The van der Waals surface area contributed by atoms with Gasteiger partial charge in [0.15, 0.2) is 0 Å². The van der Waals surface area contributed by atoms with Gasteiger partial charge < -0.3 is 9.84 Å². The minimum Gasteiger partial charge on any atom is -0.478 e. The highest BCUT2D eigenvalue weighted by Crippen LogP contribution is 2.26. The highest BCUT2D eigenvalue weighted by atomic mass is 35.5. The van der Waals surface area contributed by atoms with Gasteiger partial charge in [0.1, 0.15) is 12.1 Å². The van der Waals surface area contributed by atoms with E-state index in [0.717, 1.165) is 5.69 Å². The van der Waals surface area contributed by atoms with Crippen LogP contribution in [0.25, 0.3) is 0 Å². The molecule has 104 valence electrons. The molecule has 0 saturated heterocycles. The Morgan fingerprint density at radius 1 is 1.30 bits per heavy atom. The molecule has 0 saturated carbocycles. The Kier molecular flexibility index (Phi) is 4.20. The lowest BCUT2D eigenvalue weighted by molar-refractivity contribution is 0.0696. The molecule has 0 aliphatic carbocycles. The van der Waals surface area contributed by atoms with E-state index in [-0.39, 0.29) is 16.5 Å². The van der Waals surface area contributed by atoms with Crippen LogP contribution < -0.4 is 4.74 Å². The summed E-state index contributed by atoms with van der Waals surface area (Å²) in [6.07, 6.45) is 1.42. The van der Waals surface area contributed by atoms with Crippen LogP contribution in [0.2, 0.25) is 5.02 Å². The Balaban J connectivity index is 2.28. The molecular formula is C14H13ClN2O3. The summed E-state index contributed by atoms with van der Waals surface area (Å²) in [6.45, 7) is 4.02. The summed E-state index contributed by atoms with van der Waals surface area (Å²) in [5.41, 5.74) is 0.838. The monoisotopic (exact) mass is 292 g/mol. The van der Waals surface area contributed by atoms with Crippen LogP contribution in [0.5, 0.6) is 11.6 Å². The lowest BCUT2D eigenvalue weighted by Gasteiger charge is -2.08. The summed E-state index contributed by atoms with van der Waals surface area (Å²) in [6, 6.07) is 6.15. The Morgan fingerprint density at radius 2 is 2.05 bits per heavy atom. The number of carboxylic acids is 1. The fourth-order valence-corrected chi connectivity index (χ4v) is 1.78. The standard InChI is InChI=1S/C14H13ClN2O3/c1-8(2)12-6-13(17-7-16-12)20-9-3-4-11(15)10(5-9)14(18)19/h3-8H,1-2H3,(H,18,19).